The standard InChI is InChI=1S/C39H35FN4O10S3/c1-25-15-18-36(34(21-25)54-3)56(49,50)43-39(46)38(27-9-7-12-29(24-27)53-2)44-20-19-30-33(44)13-8-14-35(30)55(47,48)42-32-17-16-26(22-31(32)40)23-37(45)57(51,52)41-28-10-5-4-6-11-28/h4-22,24,38,41-42H,23H2,1-3H3,(H,43,46). The largest absolute Gasteiger partial charge is 0.497 e. The number of sulfonamides is 3. The number of halogens is 1. The summed E-state index contributed by atoms with van der Waals surface area (Å²) < 4.78 is 114. The fourth-order valence-corrected chi connectivity index (χ4v) is 9.38. The van der Waals surface area contributed by atoms with E-state index in [1.54, 1.807) is 49.4 Å². The average molecular weight is 835 g/mol. The third-order valence-corrected chi connectivity index (χ3v) is 12.8. The maximum atomic E-state index is 15.4. The van der Waals surface area contributed by atoms with E-state index >= 15 is 4.39 Å². The highest BCUT2D eigenvalue weighted by atomic mass is 32.2. The normalized spacial score (nSPS) is 12.4. The van der Waals surface area contributed by atoms with Gasteiger partial charge in [0, 0.05) is 23.7 Å². The molecule has 6 rings (SSSR count). The molecule has 0 aliphatic carbocycles. The molecule has 1 heterocycles. The third-order valence-electron chi connectivity index (χ3n) is 8.74. The van der Waals surface area contributed by atoms with Crippen LogP contribution in [0.5, 0.6) is 11.5 Å². The van der Waals surface area contributed by atoms with Crippen molar-refractivity contribution in [2.45, 2.75) is 29.2 Å². The third kappa shape index (κ3) is 8.77. The Hall–Kier alpha value is -6.24. The highest BCUT2D eigenvalue weighted by Crippen LogP contribution is 2.33. The summed E-state index contributed by atoms with van der Waals surface area (Å²) in [5.74, 6) is -1.69. The number of nitrogens with zero attached hydrogens (tertiary/aromatic N) is 1. The van der Waals surface area contributed by atoms with Crippen molar-refractivity contribution in [1.29, 1.82) is 0 Å². The molecule has 1 aromatic heterocycles. The molecule has 1 atom stereocenters. The predicted octanol–water partition coefficient (Wildman–Crippen LogP) is 5.51. The number of para-hydroxylation sites is 1. The predicted molar refractivity (Wildman–Crippen MR) is 211 cm³/mol. The van der Waals surface area contributed by atoms with Gasteiger partial charge in [-0.3, -0.25) is 19.0 Å². The molecule has 57 heavy (non-hydrogen) atoms. The van der Waals surface area contributed by atoms with E-state index in [9.17, 15) is 34.8 Å². The minimum absolute atomic E-state index is 0.0191. The Balaban J connectivity index is 1.30. The molecule has 18 heteroatoms. The van der Waals surface area contributed by atoms with E-state index in [0.29, 0.717) is 11.3 Å². The molecular weight excluding hydrogens is 800 g/mol. The second-order valence-corrected chi connectivity index (χ2v) is 17.6. The van der Waals surface area contributed by atoms with Gasteiger partial charge in [-0.2, -0.15) is 8.42 Å². The lowest BCUT2D eigenvalue weighted by atomic mass is 10.1. The van der Waals surface area contributed by atoms with Crippen LogP contribution in [-0.4, -0.2) is 55.1 Å². The smallest absolute Gasteiger partial charge is 0.296 e. The van der Waals surface area contributed by atoms with E-state index in [1.165, 1.54) is 85.6 Å². The zero-order valence-corrected chi connectivity index (χ0v) is 32.9. The van der Waals surface area contributed by atoms with Crippen molar-refractivity contribution < 1.29 is 48.7 Å². The van der Waals surface area contributed by atoms with Crippen LogP contribution < -0.4 is 23.6 Å². The lowest BCUT2D eigenvalue weighted by Gasteiger charge is -2.21. The SMILES string of the molecule is COc1cccc(C(C(=O)NS(=O)(=O)c2ccc(C)cc2OC)n2ccc3c(S(=O)(=O)Nc4ccc(CC(=O)S(=O)(=O)Nc5ccccc5)cc4F)cccc32)c1. The molecule has 5 aromatic carbocycles. The van der Waals surface area contributed by atoms with Gasteiger partial charge >= 0.3 is 0 Å². The van der Waals surface area contributed by atoms with Crippen LogP contribution in [-0.2, 0) is 46.1 Å². The number of aromatic nitrogens is 1. The second-order valence-electron chi connectivity index (χ2n) is 12.7. The summed E-state index contributed by atoms with van der Waals surface area (Å²) in [7, 11) is -10.8. The summed E-state index contributed by atoms with van der Waals surface area (Å²) in [4.78, 5) is 26.1. The number of hydrogen-bond acceptors (Lipinski definition) is 10. The summed E-state index contributed by atoms with van der Waals surface area (Å²) in [6.07, 6.45) is 0.723. The van der Waals surface area contributed by atoms with Gasteiger partial charge in [0.1, 0.15) is 28.3 Å². The maximum absolute atomic E-state index is 15.4. The maximum Gasteiger partial charge on any atom is 0.296 e. The Labute approximate surface area is 328 Å². The molecule has 0 spiro atoms. The van der Waals surface area contributed by atoms with Gasteiger partial charge in [-0.25, -0.2) is 25.9 Å². The van der Waals surface area contributed by atoms with Gasteiger partial charge in [0.15, 0.2) is 0 Å². The van der Waals surface area contributed by atoms with E-state index < -0.39 is 65.1 Å². The zero-order valence-electron chi connectivity index (χ0n) is 30.5. The molecule has 0 saturated carbocycles. The number of fused-ring (bicyclic) bond motifs is 1. The van der Waals surface area contributed by atoms with Crippen molar-refractivity contribution >= 4 is 63.4 Å². The number of carbonyl (C=O) groups is 2. The zero-order chi connectivity index (χ0) is 41.1. The number of hydrogen-bond donors (Lipinski definition) is 3. The van der Waals surface area contributed by atoms with Crippen LogP contribution >= 0.6 is 0 Å². The van der Waals surface area contributed by atoms with Crippen molar-refractivity contribution in [2.75, 3.05) is 23.7 Å². The van der Waals surface area contributed by atoms with Gasteiger partial charge in [0.05, 0.1) is 30.3 Å². The number of rotatable bonds is 14. The summed E-state index contributed by atoms with van der Waals surface area (Å²) in [5, 5.41) is -1.13. The van der Waals surface area contributed by atoms with Gasteiger partial charge < -0.3 is 14.0 Å². The van der Waals surface area contributed by atoms with Gasteiger partial charge in [0.25, 0.3) is 41.1 Å². The van der Waals surface area contributed by atoms with Crippen LogP contribution in [0.3, 0.4) is 0 Å². The number of nitrogens with one attached hydrogen (secondary N) is 3. The second kappa shape index (κ2) is 16.1. The van der Waals surface area contributed by atoms with Gasteiger partial charge in [0.2, 0.25) is 0 Å². The van der Waals surface area contributed by atoms with Crippen LogP contribution in [0.2, 0.25) is 0 Å². The Kier molecular flexibility index (Phi) is 11.4. The Morgan fingerprint density at radius 2 is 1.47 bits per heavy atom. The molecular formula is C39H35FN4O10S3. The van der Waals surface area contributed by atoms with Gasteiger partial charge in [-0.15, -0.1) is 0 Å². The molecule has 1 amide bonds. The fraction of sp³-hybridized carbons (Fsp3) is 0.128. The molecule has 3 N–H and O–H groups in total. The van der Waals surface area contributed by atoms with Crippen LogP contribution in [0.15, 0.2) is 131 Å². The Morgan fingerprint density at radius 3 is 2.18 bits per heavy atom. The molecule has 296 valence electrons. The first-order valence-corrected chi connectivity index (χ1v) is 21.3. The summed E-state index contributed by atoms with van der Waals surface area (Å²) in [6.45, 7) is 1.75. The van der Waals surface area contributed by atoms with Crippen molar-refractivity contribution in [3.63, 3.8) is 0 Å². The van der Waals surface area contributed by atoms with Crippen LogP contribution in [0.4, 0.5) is 15.8 Å². The Morgan fingerprint density at radius 1 is 0.737 bits per heavy atom. The Bertz CT molecular complexity index is 2850. The fourth-order valence-electron chi connectivity index (χ4n) is 6.04. The van der Waals surface area contributed by atoms with Crippen molar-refractivity contribution in [1.82, 2.24) is 9.29 Å². The van der Waals surface area contributed by atoms with E-state index in [-0.39, 0.29) is 37.7 Å². The number of methoxy groups -OCH3 is 2. The summed E-state index contributed by atoms with van der Waals surface area (Å²) >= 11 is 0. The number of ether oxygens (including phenoxy) is 2. The molecule has 0 aliphatic rings. The number of aryl methyl sites for hydroxylation is 1. The van der Waals surface area contributed by atoms with Crippen LogP contribution in [0, 0.1) is 12.7 Å². The van der Waals surface area contributed by atoms with Crippen molar-refractivity contribution in [3.8, 4) is 11.5 Å². The first kappa shape index (κ1) is 40.4. The molecule has 0 bridgehead atoms. The first-order valence-electron chi connectivity index (χ1n) is 16.9. The monoisotopic (exact) mass is 834 g/mol. The number of benzene rings is 5. The van der Waals surface area contributed by atoms with E-state index in [4.69, 9.17) is 9.47 Å². The highest BCUT2D eigenvalue weighted by Gasteiger charge is 2.31. The highest BCUT2D eigenvalue weighted by molar-refractivity contribution is 8.07. The minimum Gasteiger partial charge on any atom is -0.497 e. The number of amides is 1. The topological polar surface area (TPSA) is 196 Å². The molecule has 0 radical (unpaired) electrons. The molecule has 14 nitrogen and oxygen atoms in total. The molecule has 0 fully saturated rings. The molecule has 1 unspecified atom stereocenters. The van der Waals surface area contributed by atoms with Gasteiger partial charge in [-0.1, -0.05) is 48.5 Å². The number of carbonyl (C=O) groups excluding carboxylic acids is 2. The van der Waals surface area contributed by atoms with Gasteiger partial charge in [-0.05, 0) is 90.3 Å². The minimum atomic E-state index is -4.55. The molecule has 0 saturated heterocycles. The van der Waals surface area contributed by atoms with E-state index in [0.717, 1.165) is 17.7 Å². The lowest BCUT2D eigenvalue weighted by Crippen LogP contribution is -2.37. The van der Waals surface area contributed by atoms with Crippen molar-refractivity contribution in [3.05, 3.63) is 144 Å². The van der Waals surface area contributed by atoms with Crippen molar-refractivity contribution in [2.24, 2.45) is 0 Å². The van der Waals surface area contributed by atoms with E-state index in [1.807, 2.05) is 0 Å². The average Bonchev–Trinajstić information content (AvgIpc) is 3.59. The summed E-state index contributed by atoms with van der Waals surface area (Å²) in [5.41, 5.74) is 0.874. The quantitative estimate of drug-likeness (QED) is 0.126. The lowest BCUT2D eigenvalue weighted by molar-refractivity contribution is -0.121. The first-order chi connectivity index (χ1) is 27.0. The van der Waals surface area contributed by atoms with Crippen LogP contribution in [0.1, 0.15) is 22.7 Å². The van der Waals surface area contributed by atoms with E-state index in [2.05, 4.69) is 14.2 Å². The molecule has 0 aliphatic heterocycles. The number of anilines is 2. The van der Waals surface area contributed by atoms with Crippen LogP contribution in [0.25, 0.3) is 10.9 Å². The molecule has 6 aromatic rings. The summed E-state index contributed by atoms with van der Waals surface area (Å²) in [6, 6.07) is 25.8.